The molecule has 2 rings (SSSR count). The lowest BCUT2D eigenvalue weighted by atomic mass is 10.2. The number of benzene rings is 2. The van der Waals surface area contributed by atoms with Crippen LogP contribution in [-0.2, 0) is 9.53 Å². The molecule has 0 aliphatic rings. The number of carbonyl (C=O) groups is 1. The summed E-state index contributed by atoms with van der Waals surface area (Å²) >= 11 is 7.51. The van der Waals surface area contributed by atoms with Gasteiger partial charge in [0.05, 0.1) is 6.61 Å². The zero-order valence-corrected chi connectivity index (χ0v) is 13.2. The molecule has 0 aliphatic heterocycles. The van der Waals surface area contributed by atoms with E-state index >= 15 is 0 Å². The quantitative estimate of drug-likeness (QED) is 0.569. The highest BCUT2D eigenvalue weighted by Crippen LogP contribution is 2.31. The van der Waals surface area contributed by atoms with Crippen LogP contribution < -0.4 is 0 Å². The second kappa shape index (κ2) is 7.91. The van der Waals surface area contributed by atoms with E-state index in [-0.39, 0.29) is 5.97 Å². The summed E-state index contributed by atoms with van der Waals surface area (Å²) < 4.78 is 4.89. The van der Waals surface area contributed by atoms with Gasteiger partial charge in [0.1, 0.15) is 0 Å². The van der Waals surface area contributed by atoms with Gasteiger partial charge in [-0.05, 0) is 48.9 Å². The minimum absolute atomic E-state index is 0.330. The summed E-state index contributed by atoms with van der Waals surface area (Å²) in [6.45, 7) is 2.17. The highest BCUT2D eigenvalue weighted by molar-refractivity contribution is 7.99. The van der Waals surface area contributed by atoms with Gasteiger partial charge >= 0.3 is 5.97 Å². The van der Waals surface area contributed by atoms with Crippen LogP contribution in [0.4, 0.5) is 0 Å². The smallest absolute Gasteiger partial charge is 0.330 e. The molecule has 0 saturated carbocycles. The van der Waals surface area contributed by atoms with Crippen LogP contribution >= 0.6 is 23.4 Å². The maximum absolute atomic E-state index is 11.4. The first-order valence-electron chi connectivity index (χ1n) is 6.56. The molecule has 2 aromatic carbocycles. The maximum Gasteiger partial charge on any atom is 0.330 e. The first kappa shape index (κ1) is 15.7. The molecule has 0 atom stereocenters. The van der Waals surface area contributed by atoms with Gasteiger partial charge in [-0.2, -0.15) is 0 Å². The Morgan fingerprint density at radius 1 is 1.19 bits per heavy atom. The molecule has 0 fully saturated rings. The van der Waals surface area contributed by atoms with Crippen LogP contribution in [0.2, 0.25) is 5.02 Å². The molecule has 0 saturated heterocycles. The number of carbonyl (C=O) groups excluding carboxylic acids is 1. The topological polar surface area (TPSA) is 26.3 Å². The maximum atomic E-state index is 11.4. The molecule has 21 heavy (non-hydrogen) atoms. The molecule has 0 aliphatic carbocycles. The minimum atomic E-state index is -0.330. The predicted octanol–water partition coefficient (Wildman–Crippen LogP) is 5.07. The van der Waals surface area contributed by atoms with Crippen molar-refractivity contribution < 1.29 is 9.53 Å². The van der Waals surface area contributed by atoms with Crippen molar-refractivity contribution in [3.8, 4) is 0 Å². The zero-order chi connectivity index (χ0) is 15.1. The highest BCUT2D eigenvalue weighted by atomic mass is 35.5. The monoisotopic (exact) mass is 318 g/mol. The fourth-order valence-electron chi connectivity index (χ4n) is 1.69. The van der Waals surface area contributed by atoms with Gasteiger partial charge in [-0.25, -0.2) is 4.79 Å². The average molecular weight is 319 g/mol. The molecule has 0 bridgehead atoms. The standard InChI is InChI=1S/C17H15ClO2S/c1-2-20-17(19)12-7-13-5-3-4-6-16(13)21-15-10-8-14(18)9-11-15/h3-12H,2H2,1H3. The van der Waals surface area contributed by atoms with Crippen molar-refractivity contribution in [3.05, 3.63) is 65.2 Å². The van der Waals surface area contributed by atoms with Gasteiger partial charge in [0.2, 0.25) is 0 Å². The molecule has 0 radical (unpaired) electrons. The van der Waals surface area contributed by atoms with Crippen LogP contribution in [0.5, 0.6) is 0 Å². The average Bonchev–Trinajstić information content (AvgIpc) is 2.49. The summed E-state index contributed by atoms with van der Waals surface area (Å²) in [7, 11) is 0. The van der Waals surface area contributed by atoms with E-state index in [0.717, 1.165) is 20.4 Å². The van der Waals surface area contributed by atoms with Crippen LogP contribution in [0.3, 0.4) is 0 Å². The Kier molecular flexibility index (Phi) is 5.90. The Bertz CT molecular complexity index is 635. The van der Waals surface area contributed by atoms with Crippen molar-refractivity contribution in [2.24, 2.45) is 0 Å². The highest BCUT2D eigenvalue weighted by Gasteiger charge is 2.03. The SMILES string of the molecule is CCOC(=O)C=Cc1ccccc1Sc1ccc(Cl)cc1. The summed E-state index contributed by atoms with van der Waals surface area (Å²) in [4.78, 5) is 13.6. The summed E-state index contributed by atoms with van der Waals surface area (Å²) in [6.07, 6.45) is 3.22. The molecule has 4 heteroatoms. The summed E-state index contributed by atoms with van der Waals surface area (Å²) in [5.74, 6) is -0.330. The summed E-state index contributed by atoms with van der Waals surface area (Å²) in [5, 5.41) is 0.717. The molecule has 0 spiro atoms. The van der Waals surface area contributed by atoms with Crippen LogP contribution in [-0.4, -0.2) is 12.6 Å². The molecule has 0 amide bonds. The molecular formula is C17H15ClO2S. The zero-order valence-electron chi connectivity index (χ0n) is 11.6. The Morgan fingerprint density at radius 2 is 1.90 bits per heavy atom. The Balaban J connectivity index is 2.16. The van der Waals surface area contributed by atoms with E-state index in [1.54, 1.807) is 24.8 Å². The molecule has 2 nitrogen and oxygen atoms in total. The van der Waals surface area contributed by atoms with E-state index in [1.807, 2.05) is 48.5 Å². The third kappa shape index (κ3) is 4.96. The predicted molar refractivity (Wildman–Crippen MR) is 87.7 cm³/mol. The third-order valence-corrected chi connectivity index (χ3v) is 4.00. The minimum Gasteiger partial charge on any atom is -0.463 e. The number of hydrogen-bond donors (Lipinski definition) is 0. The molecule has 0 N–H and O–H groups in total. The normalized spacial score (nSPS) is 10.8. The van der Waals surface area contributed by atoms with Crippen molar-refractivity contribution in [1.82, 2.24) is 0 Å². The number of rotatable bonds is 5. The Hall–Kier alpha value is -1.71. The van der Waals surface area contributed by atoms with Gasteiger partial charge in [-0.1, -0.05) is 41.6 Å². The van der Waals surface area contributed by atoms with Crippen molar-refractivity contribution in [3.63, 3.8) is 0 Å². The summed E-state index contributed by atoms with van der Waals surface area (Å²) in [6, 6.07) is 15.6. The molecule has 2 aromatic rings. The van der Waals surface area contributed by atoms with Crippen molar-refractivity contribution in [1.29, 1.82) is 0 Å². The van der Waals surface area contributed by atoms with Crippen molar-refractivity contribution >= 4 is 35.4 Å². The Morgan fingerprint density at radius 3 is 2.62 bits per heavy atom. The second-order valence-corrected chi connectivity index (χ2v) is 5.73. The second-order valence-electron chi connectivity index (χ2n) is 4.18. The fraction of sp³-hybridized carbons (Fsp3) is 0.118. The van der Waals surface area contributed by atoms with Crippen LogP contribution in [0.15, 0.2) is 64.4 Å². The van der Waals surface area contributed by atoms with E-state index in [2.05, 4.69) is 0 Å². The van der Waals surface area contributed by atoms with E-state index < -0.39 is 0 Å². The van der Waals surface area contributed by atoms with Gasteiger partial charge in [0, 0.05) is 20.9 Å². The number of esters is 1. The Labute approximate surface area is 133 Å². The lowest BCUT2D eigenvalue weighted by Gasteiger charge is -2.06. The van der Waals surface area contributed by atoms with Gasteiger partial charge in [0.25, 0.3) is 0 Å². The van der Waals surface area contributed by atoms with Gasteiger partial charge in [-0.3, -0.25) is 0 Å². The largest absolute Gasteiger partial charge is 0.463 e. The van der Waals surface area contributed by atoms with Crippen molar-refractivity contribution in [2.75, 3.05) is 6.61 Å². The number of halogens is 1. The van der Waals surface area contributed by atoms with Crippen LogP contribution in [0.25, 0.3) is 6.08 Å². The fourth-order valence-corrected chi connectivity index (χ4v) is 2.74. The molecule has 0 heterocycles. The van der Waals surface area contributed by atoms with Gasteiger partial charge < -0.3 is 4.74 Å². The lowest BCUT2D eigenvalue weighted by molar-refractivity contribution is -0.137. The van der Waals surface area contributed by atoms with Crippen molar-refractivity contribution in [2.45, 2.75) is 16.7 Å². The first-order valence-corrected chi connectivity index (χ1v) is 7.76. The molecule has 0 unspecified atom stereocenters. The first-order chi connectivity index (χ1) is 10.2. The molecular weight excluding hydrogens is 304 g/mol. The van der Waals surface area contributed by atoms with Gasteiger partial charge in [-0.15, -0.1) is 0 Å². The van der Waals surface area contributed by atoms with E-state index in [4.69, 9.17) is 16.3 Å². The molecule has 0 aromatic heterocycles. The number of ether oxygens (including phenoxy) is 1. The van der Waals surface area contributed by atoms with Gasteiger partial charge in [0.15, 0.2) is 0 Å². The third-order valence-electron chi connectivity index (χ3n) is 2.65. The molecule has 108 valence electrons. The number of hydrogen-bond acceptors (Lipinski definition) is 3. The van der Waals surface area contributed by atoms with E-state index in [0.29, 0.717) is 6.61 Å². The van der Waals surface area contributed by atoms with Crippen LogP contribution in [0.1, 0.15) is 12.5 Å². The van der Waals surface area contributed by atoms with Crippen LogP contribution in [0, 0.1) is 0 Å². The summed E-state index contributed by atoms with van der Waals surface area (Å²) in [5.41, 5.74) is 0.977. The lowest BCUT2D eigenvalue weighted by Crippen LogP contribution is -1.98. The van der Waals surface area contributed by atoms with E-state index in [1.165, 1.54) is 6.08 Å². The van der Waals surface area contributed by atoms with E-state index in [9.17, 15) is 4.79 Å².